The van der Waals surface area contributed by atoms with Crippen LogP contribution < -0.4 is 5.73 Å². The van der Waals surface area contributed by atoms with Gasteiger partial charge in [0.2, 0.25) is 0 Å². The summed E-state index contributed by atoms with van der Waals surface area (Å²) in [5.74, 6) is 0.462. The molecule has 2 nitrogen and oxygen atoms in total. The fourth-order valence-corrected chi connectivity index (χ4v) is 2.39. The van der Waals surface area contributed by atoms with Crippen LogP contribution in [0, 0.1) is 11.3 Å². The van der Waals surface area contributed by atoms with Crippen molar-refractivity contribution < 1.29 is 4.79 Å². The summed E-state index contributed by atoms with van der Waals surface area (Å²) in [7, 11) is 0. The second kappa shape index (κ2) is 3.37. The van der Waals surface area contributed by atoms with E-state index in [1.807, 2.05) is 18.2 Å². The maximum absolute atomic E-state index is 12.0. The van der Waals surface area contributed by atoms with E-state index in [1.54, 1.807) is 6.07 Å². The fourth-order valence-electron chi connectivity index (χ4n) is 2.39. The van der Waals surface area contributed by atoms with Gasteiger partial charge >= 0.3 is 0 Å². The second-order valence-electron chi connectivity index (χ2n) is 5.26. The molecule has 0 aliphatic heterocycles. The average Bonchev–Trinajstić information content (AvgIpc) is 2.13. The summed E-state index contributed by atoms with van der Waals surface area (Å²) in [6.07, 6.45) is 2.00. The Bertz CT molecular complexity index is 387. The van der Waals surface area contributed by atoms with E-state index in [9.17, 15) is 4.79 Å². The third kappa shape index (κ3) is 2.04. The Hall–Kier alpha value is -1.31. The van der Waals surface area contributed by atoms with Crippen molar-refractivity contribution in [3.63, 3.8) is 0 Å². The molecule has 80 valence electrons. The molecule has 1 aliphatic carbocycles. The van der Waals surface area contributed by atoms with Gasteiger partial charge in [-0.2, -0.15) is 0 Å². The van der Waals surface area contributed by atoms with Gasteiger partial charge in [0.05, 0.1) is 0 Å². The zero-order valence-electron chi connectivity index (χ0n) is 9.29. The monoisotopic (exact) mass is 203 g/mol. The number of rotatable bonds is 2. The minimum atomic E-state index is 0.210. The summed E-state index contributed by atoms with van der Waals surface area (Å²) in [5.41, 5.74) is 7.43. The van der Waals surface area contributed by atoms with Crippen LogP contribution in [0.5, 0.6) is 0 Å². The summed E-state index contributed by atoms with van der Waals surface area (Å²) in [6.45, 7) is 4.41. The first-order chi connectivity index (χ1) is 6.98. The highest BCUT2D eigenvalue weighted by Crippen LogP contribution is 2.46. The number of carbonyl (C=O) groups excluding carboxylic acids is 1. The van der Waals surface area contributed by atoms with Crippen molar-refractivity contribution in [2.75, 3.05) is 5.73 Å². The van der Waals surface area contributed by atoms with Gasteiger partial charge in [0.25, 0.3) is 0 Å². The molecular weight excluding hydrogens is 186 g/mol. The quantitative estimate of drug-likeness (QED) is 0.593. The van der Waals surface area contributed by atoms with Gasteiger partial charge in [0.1, 0.15) is 0 Å². The molecule has 2 N–H and O–H groups in total. The molecule has 0 amide bonds. The average molecular weight is 203 g/mol. The number of nitrogen functional groups attached to an aromatic ring is 1. The Morgan fingerprint density at radius 2 is 2.07 bits per heavy atom. The van der Waals surface area contributed by atoms with Crippen molar-refractivity contribution in [1.29, 1.82) is 0 Å². The van der Waals surface area contributed by atoms with Gasteiger partial charge in [-0.3, -0.25) is 4.79 Å². The first-order valence-electron chi connectivity index (χ1n) is 5.38. The highest BCUT2D eigenvalue weighted by atomic mass is 16.1. The normalized spacial score (nSPS) is 19.6. The smallest absolute Gasteiger partial charge is 0.166 e. The number of hydrogen-bond donors (Lipinski definition) is 1. The number of nitrogens with two attached hydrogens (primary N) is 1. The van der Waals surface area contributed by atoms with E-state index in [4.69, 9.17) is 5.73 Å². The van der Waals surface area contributed by atoms with E-state index in [-0.39, 0.29) is 11.7 Å². The van der Waals surface area contributed by atoms with Crippen molar-refractivity contribution in [1.82, 2.24) is 0 Å². The number of Topliss-reactive ketones (excluding diaryl/α,β-unsaturated/α-hetero) is 1. The molecule has 1 aliphatic rings. The maximum atomic E-state index is 12.0. The molecule has 0 saturated heterocycles. The van der Waals surface area contributed by atoms with Crippen molar-refractivity contribution in [3.8, 4) is 0 Å². The van der Waals surface area contributed by atoms with E-state index < -0.39 is 0 Å². The lowest BCUT2D eigenvalue weighted by molar-refractivity contribution is 0.0592. The minimum absolute atomic E-state index is 0.210. The standard InChI is InChI=1S/C13H17NO/c1-13(2)7-10(8-13)12(15)9-4-3-5-11(14)6-9/h3-6,10H,7-8,14H2,1-2H3. The van der Waals surface area contributed by atoms with Gasteiger partial charge in [0.15, 0.2) is 5.78 Å². The van der Waals surface area contributed by atoms with Crippen LogP contribution in [0.25, 0.3) is 0 Å². The zero-order chi connectivity index (χ0) is 11.1. The van der Waals surface area contributed by atoms with E-state index in [0.29, 0.717) is 11.1 Å². The second-order valence-corrected chi connectivity index (χ2v) is 5.26. The first-order valence-corrected chi connectivity index (χ1v) is 5.38. The molecule has 0 aromatic heterocycles. The lowest BCUT2D eigenvalue weighted by Crippen LogP contribution is -2.36. The lowest BCUT2D eigenvalue weighted by Gasteiger charge is -2.41. The minimum Gasteiger partial charge on any atom is -0.399 e. The van der Waals surface area contributed by atoms with Crippen LogP contribution in [0.3, 0.4) is 0 Å². The number of hydrogen-bond acceptors (Lipinski definition) is 2. The largest absolute Gasteiger partial charge is 0.399 e. The highest BCUT2D eigenvalue weighted by molar-refractivity contribution is 5.99. The van der Waals surface area contributed by atoms with Gasteiger partial charge in [0, 0.05) is 17.2 Å². The molecule has 2 rings (SSSR count). The molecular formula is C13H17NO. The topological polar surface area (TPSA) is 43.1 Å². The molecule has 1 aromatic carbocycles. The van der Waals surface area contributed by atoms with Crippen LogP contribution in [0.4, 0.5) is 5.69 Å². The van der Waals surface area contributed by atoms with Crippen LogP contribution in [-0.2, 0) is 0 Å². The Balaban J connectivity index is 2.10. The molecule has 1 fully saturated rings. The summed E-state index contributed by atoms with van der Waals surface area (Å²) in [5, 5.41) is 0. The molecule has 15 heavy (non-hydrogen) atoms. The predicted molar refractivity (Wildman–Crippen MR) is 61.7 cm³/mol. The van der Waals surface area contributed by atoms with Gasteiger partial charge in [-0.05, 0) is 30.4 Å². The van der Waals surface area contributed by atoms with Gasteiger partial charge in [-0.1, -0.05) is 26.0 Å². The highest BCUT2D eigenvalue weighted by Gasteiger charge is 2.40. The number of carbonyl (C=O) groups is 1. The molecule has 0 bridgehead atoms. The Morgan fingerprint density at radius 3 is 2.60 bits per heavy atom. The van der Waals surface area contributed by atoms with Gasteiger partial charge in [-0.15, -0.1) is 0 Å². The fraction of sp³-hybridized carbons (Fsp3) is 0.462. The van der Waals surface area contributed by atoms with Crippen LogP contribution >= 0.6 is 0 Å². The SMILES string of the molecule is CC1(C)CC(C(=O)c2cccc(N)c2)C1. The first kappa shape index (κ1) is 10.2. The van der Waals surface area contributed by atoms with Crippen molar-refractivity contribution in [2.45, 2.75) is 26.7 Å². The van der Waals surface area contributed by atoms with Gasteiger partial charge in [-0.25, -0.2) is 0 Å². The molecule has 0 radical (unpaired) electrons. The van der Waals surface area contributed by atoms with E-state index in [0.717, 1.165) is 18.4 Å². The third-order valence-corrected chi connectivity index (χ3v) is 3.14. The van der Waals surface area contributed by atoms with Crippen LogP contribution in [-0.4, -0.2) is 5.78 Å². The molecule has 0 atom stereocenters. The van der Waals surface area contributed by atoms with Crippen molar-refractivity contribution >= 4 is 11.5 Å². The molecule has 0 unspecified atom stereocenters. The molecule has 1 saturated carbocycles. The van der Waals surface area contributed by atoms with Crippen LogP contribution in [0.2, 0.25) is 0 Å². The third-order valence-electron chi connectivity index (χ3n) is 3.14. The molecule has 1 aromatic rings. The Kier molecular flexibility index (Phi) is 2.29. The number of ketones is 1. The summed E-state index contributed by atoms with van der Waals surface area (Å²) in [6, 6.07) is 7.27. The predicted octanol–water partition coefficient (Wildman–Crippen LogP) is 2.89. The molecule has 0 heterocycles. The van der Waals surface area contributed by atoms with Crippen LogP contribution in [0.15, 0.2) is 24.3 Å². The Morgan fingerprint density at radius 1 is 1.40 bits per heavy atom. The van der Waals surface area contributed by atoms with Crippen molar-refractivity contribution in [2.24, 2.45) is 11.3 Å². The lowest BCUT2D eigenvalue weighted by atomic mass is 9.62. The number of benzene rings is 1. The molecule has 2 heteroatoms. The van der Waals surface area contributed by atoms with Gasteiger partial charge < -0.3 is 5.73 Å². The maximum Gasteiger partial charge on any atom is 0.166 e. The Labute approximate surface area is 90.5 Å². The number of anilines is 1. The van der Waals surface area contributed by atoms with E-state index >= 15 is 0 Å². The molecule has 0 spiro atoms. The van der Waals surface area contributed by atoms with E-state index in [2.05, 4.69) is 13.8 Å². The summed E-state index contributed by atoms with van der Waals surface area (Å²) >= 11 is 0. The zero-order valence-corrected chi connectivity index (χ0v) is 9.29. The van der Waals surface area contributed by atoms with Crippen molar-refractivity contribution in [3.05, 3.63) is 29.8 Å². The summed E-state index contributed by atoms with van der Waals surface area (Å²) in [4.78, 5) is 12.0. The summed E-state index contributed by atoms with van der Waals surface area (Å²) < 4.78 is 0. The van der Waals surface area contributed by atoms with E-state index in [1.165, 1.54) is 0 Å². The van der Waals surface area contributed by atoms with Crippen LogP contribution in [0.1, 0.15) is 37.0 Å².